The standard InChI is InChI=1S/C13H19NO4/c15-8-11-6-12(16)7-14(11)13(17)18-9-10-4-2-1-3-5-10/h2,4-5,11-12,15-16H,1,3,6-9H2/t11-,12+/m0/s1. The number of likely N-dealkylation sites (tertiary alicyclic amines) is 1. The Morgan fingerprint density at radius 2 is 2.33 bits per heavy atom. The molecule has 2 N–H and O–H groups in total. The molecule has 0 unspecified atom stereocenters. The van der Waals surface area contributed by atoms with E-state index in [1.54, 1.807) is 0 Å². The van der Waals surface area contributed by atoms with Gasteiger partial charge in [0.25, 0.3) is 0 Å². The van der Waals surface area contributed by atoms with Crippen molar-refractivity contribution in [2.45, 2.75) is 31.4 Å². The number of ether oxygens (including phenoxy) is 1. The number of carbonyl (C=O) groups is 1. The van der Waals surface area contributed by atoms with Crippen LogP contribution in [0, 0.1) is 0 Å². The zero-order chi connectivity index (χ0) is 13.0. The van der Waals surface area contributed by atoms with Crippen molar-refractivity contribution in [1.82, 2.24) is 4.90 Å². The van der Waals surface area contributed by atoms with E-state index < -0.39 is 12.2 Å². The van der Waals surface area contributed by atoms with Gasteiger partial charge in [-0.05, 0) is 24.8 Å². The fraction of sp³-hybridized carbons (Fsp3) is 0.615. The summed E-state index contributed by atoms with van der Waals surface area (Å²) < 4.78 is 5.19. The first-order valence-corrected chi connectivity index (χ1v) is 6.28. The zero-order valence-corrected chi connectivity index (χ0v) is 10.3. The third-order valence-electron chi connectivity index (χ3n) is 3.27. The van der Waals surface area contributed by atoms with Gasteiger partial charge < -0.3 is 19.8 Å². The minimum absolute atomic E-state index is 0.144. The van der Waals surface area contributed by atoms with Crippen molar-refractivity contribution in [3.63, 3.8) is 0 Å². The van der Waals surface area contributed by atoms with E-state index in [4.69, 9.17) is 9.84 Å². The largest absolute Gasteiger partial charge is 0.445 e. The molecule has 0 aromatic rings. The highest BCUT2D eigenvalue weighted by Crippen LogP contribution is 2.19. The minimum atomic E-state index is -0.566. The van der Waals surface area contributed by atoms with Gasteiger partial charge in [0, 0.05) is 0 Å². The van der Waals surface area contributed by atoms with E-state index in [0.29, 0.717) is 6.42 Å². The Morgan fingerprint density at radius 3 is 3.00 bits per heavy atom. The van der Waals surface area contributed by atoms with Crippen LogP contribution in [0.1, 0.15) is 19.3 Å². The summed E-state index contributed by atoms with van der Waals surface area (Å²) in [6, 6.07) is -0.330. The molecule has 1 fully saturated rings. The van der Waals surface area contributed by atoms with Crippen LogP contribution in [0.2, 0.25) is 0 Å². The highest BCUT2D eigenvalue weighted by molar-refractivity contribution is 5.69. The van der Waals surface area contributed by atoms with Gasteiger partial charge in [-0.3, -0.25) is 0 Å². The first kappa shape index (κ1) is 13.1. The molecule has 0 aromatic heterocycles. The number of hydrogen-bond donors (Lipinski definition) is 2. The second-order valence-corrected chi connectivity index (χ2v) is 4.69. The molecule has 100 valence electrons. The number of rotatable bonds is 3. The number of hydrogen-bond acceptors (Lipinski definition) is 4. The molecule has 18 heavy (non-hydrogen) atoms. The van der Waals surface area contributed by atoms with Gasteiger partial charge in [-0.15, -0.1) is 0 Å². The molecule has 0 bridgehead atoms. The van der Waals surface area contributed by atoms with E-state index in [1.807, 2.05) is 6.08 Å². The van der Waals surface area contributed by atoms with Crippen molar-refractivity contribution in [1.29, 1.82) is 0 Å². The molecule has 0 spiro atoms. The highest BCUT2D eigenvalue weighted by atomic mass is 16.6. The third-order valence-corrected chi connectivity index (χ3v) is 3.27. The molecule has 1 saturated heterocycles. The van der Waals surface area contributed by atoms with Crippen LogP contribution >= 0.6 is 0 Å². The van der Waals surface area contributed by atoms with Crippen molar-refractivity contribution in [3.8, 4) is 0 Å². The van der Waals surface area contributed by atoms with Crippen LogP contribution < -0.4 is 0 Å². The minimum Gasteiger partial charge on any atom is -0.445 e. The monoisotopic (exact) mass is 253 g/mol. The molecule has 2 rings (SSSR count). The summed E-state index contributed by atoms with van der Waals surface area (Å²) in [7, 11) is 0. The molecule has 2 atom stereocenters. The molecular weight excluding hydrogens is 234 g/mol. The van der Waals surface area contributed by atoms with Gasteiger partial charge in [-0.25, -0.2) is 4.79 Å². The molecule has 1 aliphatic heterocycles. The van der Waals surface area contributed by atoms with Gasteiger partial charge in [-0.1, -0.05) is 18.2 Å². The van der Waals surface area contributed by atoms with Crippen molar-refractivity contribution < 1.29 is 19.7 Å². The lowest BCUT2D eigenvalue weighted by atomic mass is 10.1. The maximum Gasteiger partial charge on any atom is 0.410 e. The van der Waals surface area contributed by atoms with Crippen molar-refractivity contribution in [2.75, 3.05) is 19.8 Å². The smallest absolute Gasteiger partial charge is 0.410 e. The average molecular weight is 253 g/mol. The Hall–Kier alpha value is -1.33. The first-order valence-electron chi connectivity index (χ1n) is 6.28. The summed E-state index contributed by atoms with van der Waals surface area (Å²) in [5.74, 6) is 0. The topological polar surface area (TPSA) is 70.0 Å². The van der Waals surface area contributed by atoms with E-state index in [1.165, 1.54) is 4.90 Å². The summed E-state index contributed by atoms with van der Waals surface area (Å²) in [5.41, 5.74) is 0.995. The lowest BCUT2D eigenvalue weighted by Gasteiger charge is -2.22. The van der Waals surface area contributed by atoms with Crippen molar-refractivity contribution in [3.05, 3.63) is 23.8 Å². The van der Waals surface area contributed by atoms with Crippen molar-refractivity contribution in [2.24, 2.45) is 0 Å². The van der Waals surface area contributed by atoms with Gasteiger partial charge in [0.1, 0.15) is 6.61 Å². The lowest BCUT2D eigenvalue weighted by molar-refractivity contribution is 0.0888. The Kier molecular flexibility index (Phi) is 4.38. The van der Waals surface area contributed by atoms with Crippen LogP contribution in [0.3, 0.4) is 0 Å². The fourth-order valence-electron chi connectivity index (χ4n) is 2.29. The Bertz CT molecular complexity index is 364. The summed E-state index contributed by atoms with van der Waals surface area (Å²) in [6.45, 7) is 0.341. The third kappa shape index (κ3) is 3.11. The first-order chi connectivity index (χ1) is 8.70. The predicted octanol–water partition coefficient (Wildman–Crippen LogP) is 0.827. The predicted molar refractivity (Wildman–Crippen MR) is 66.0 cm³/mol. The van der Waals surface area contributed by atoms with Gasteiger partial charge in [0.05, 0.1) is 25.3 Å². The molecule has 1 heterocycles. The molecule has 2 aliphatic rings. The molecule has 5 nitrogen and oxygen atoms in total. The van der Waals surface area contributed by atoms with E-state index in [-0.39, 0.29) is 25.8 Å². The molecule has 0 radical (unpaired) electrons. The van der Waals surface area contributed by atoms with Gasteiger partial charge in [-0.2, -0.15) is 0 Å². The summed E-state index contributed by atoms with van der Waals surface area (Å²) in [5, 5.41) is 18.6. The average Bonchev–Trinajstić information content (AvgIpc) is 2.78. The second kappa shape index (κ2) is 6.02. The maximum atomic E-state index is 11.8. The van der Waals surface area contributed by atoms with E-state index in [0.717, 1.165) is 18.4 Å². The lowest BCUT2D eigenvalue weighted by Crippen LogP contribution is -2.38. The molecule has 1 aliphatic carbocycles. The van der Waals surface area contributed by atoms with Crippen LogP contribution in [-0.4, -0.2) is 53.1 Å². The van der Waals surface area contributed by atoms with Crippen LogP contribution in [0.15, 0.2) is 23.8 Å². The molecule has 0 aromatic carbocycles. The SMILES string of the molecule is O=C(OCC1=CCCC=C1)N1C[C@H](O)C[C@H]1CO. The van der Waals surface area contributed by atoms with E-state index >= 15 is 0 Å². The Morgan fingerprint density at radius 1 is 1.50 bits per heavy atom. The number of aliphatic hydroxyl groups is 2. The number of nitrogens with zero attached hydrogens (tertiary/aromatic N) is 1. The number of allylic oxidation sites excluding steroid dienone is 2. The summed E-state index contributed by atoms with van der Waals surface area (Å²) in [6.07, 6.45) is 7.45. The summed E-state index contributed by atoms with van der Waals surface area (Å²) in [4.78, 5) is 13.2. The van der Waals surface area contributed by atoms with Crippen LogP contribution in [0.4, 0.5) is 4.79 Å². The van der Waals surface area contributed by atoms with Crippen LogP contribution in [0.25, 0.3) is 0 Å². The second-order valence-electron chi connectivity index (χ2n) is 4.69. The Labute approximate surface area is 106 Å². The van der Waals surface area contributed by atoms with Gasteiger partial charge >= 0.3 is 6.09 Å². The molecule has 0 saturated carbocycles. The summed E-state index contributed by atoms with van der Waals surface area (Å²) >= 11 is 0. The van der Waals surface area contributed by atoms with Crippen LogP contribution in [0.5, 0.6) is 0 Å². The highest BCUT2D eigenvalue weighted by Gasteiger charge is 2.34. The zero-order valence-electron chi connectivity index (χ0n) is 10.3. The Balaban J connectivity index is 1.84. The van der Waals surface area contributed by atoms with Crippen molar-refractivity contribution >= 4 is 6.09 Å². The molecule has 1 amide bonds. The van der Waals surface area contributed by atoms with Gasteiger partial charge in [0.15, 0.2) is 0 Å². The normalized spacial score (nSPS) is 27.2. The number of amides is 1. The number of carbonyl (C=O) groups excluding carboxylic acids is 1. The van der Waals surface area contributed by atoms with E-state index in [9.17, 15) is 9.90 Å². The van der Waals surface area contributed by atoms with E-state index in [2.05, 4.69) is 12.2 Å². The fourth-order valence-corrected chi connectivity index (χ4v) is 2.29. The maximum absolute atomic E-state index is 11.8. The van der Waals surface area contributed by atoms with Gasteiger partial charge in [0.2, 0.25) is 0 Å². The number of β-amino-alcohol motifs (C(OH)–C–C–N with tert-alkyl or cyclic N) is 1. The molecule has 5 heteroatoms. The number of aliphatic hydroxyl groups excluding tert-OH is 2. The molecular formula is C13H19NO4. The quantitative estimate of drug-likeness (QED) is 0.781. The van der Waals surface area contributed by atoms with Crippen LogP contribution in [-0.2, 0) is 4.74 Å².